The Bertz CT molecular complexity index is 541. The minimum absolute atomic E-state index is 0.258. The normalized spacial score (nSPS) is 10.7. The number of hydrogen-bond donors (Lipinski definition) is 0. The van der Waals surface area contributed by atoms with Gasteiger partial charge in [-0.15, -0.1) is 0 Å². The second-order valence-corrected chi connectivity index (χ2v) is 7.05. The number of aryl methyl sites for hydroxylation is 1. The fraction of sp³-hybridized carbons (Fsp3) is 0.0625. The fourth-order valence-electron chi connectivity index (χ4n) is 1.48. The Morgan fingerprint density at radius 2 is 1.67 bits per heavy atom. The summed E-state index contributed by atoms with van der Waals surface area (Å²) in [5.41, 5.74) is 2.31. The van der Waals surface area contributed by atoms with Gasteiger partial charge in [0.15, 0.2) is 0 Å². The quantitative estimate of drug-likeness (QED) is 0.612. The molecule has 0 unspecified atom stereocenters. The van der Waals surface area contributed by atoms with Gasteiger partial charge in [0.1, 0.15) is 0 Å². The summed E-state index contributed by atoms with van der Waals surface area (Å²) >= 11 is -0.761. The Morgan fingerprint density at radius 3 is 2.33 bits per heavy atom. The predicted molar refractivity (Wildman–Crippen MR) is 77.1 cm³/mol. The summed E-state index contributed by atoms with van der Waals surface area (Å²) in [7, 11) is 0. The van der Waals surface area contributed by atoms with Crippen LogP contribution in [0.15, 0.2) is 60.7 Å². The zero-order valence-corrected chi connectivity index (χ0v) is 12.5. The van der Waals surface area contributed by atoms with Crippen molar-refractivity contribution in [3.8, 4) is 0 Å². The van der Waals surface area contributed by atoms with E-state index in [0.717, 1.165) is 5.56 Å². The second kappa shape index (κ2) is 6.54. The molecule has 0 N–H and O–H groups in total. The van der Waals surface area contributed by atoms with Gasteiger partial charge in [0.2, 0.25) is 0 Å². The third-order valence-electron chi connectivity index (χ3n) is 2.45. The van der Waals surface area contributed by atoms with E-state index in [1.165, 1.54) is 9.17 Å². The van der Waals surface area contributed by atoms with Gasteiger partial charge in [0, 0.05) is 0 Å². The molecule has 2 heteroatoms. The summed E-state index contributed by atoms with van der Waals surface area (Å²) in [5.74, 6) is 0. The van der Waals surface area contributed by atoms with E-state index in [4.69, 9.17) is 0 Å². The molecule has 0 aliphatic rings. The van der Waals surface area contributed by atoms with Gasteiger partial charge in [-0.3, -0.25) is 0 Å². The van der Waals surface area contributed by atoms with Crippen LogP contribution in [0.5, 0.6) is 0 Å². The van der Waals surface area contributed by atoms with E-state index in [-0.39, 0.29) is 3.83 Å². The van der Waals surface area contributed by atoms with Crippen molar-refractivity contribution in [1.29, 1.82) is 0 Å². The van der Waals surface area contributed by atoms with Crippen molar-refractivity contribution in [2.45, 2.75) is 6.92 Å². The molecule has 0 saturated carbocycles. The average Bonchev–Trinajstić information content (AvgIpc) is 2.40. The van der Waals surface area contributed by atoms with E-state index in [9.17, 15) is 4.79 Å². The van der Waals surface area contributed by atoms with Crippen LogP contribution in [0.25, 0.3) is 6.08 Å². The number of allylic oxidation sites excluding steroid dienone is 1. The Hall–Kier alpha value is -1.36. The van der Waals surface area contributed by atoms with Gasteiger partial charge in [-0.25, -0.2) is 0 Å². The van der Waals surface area contributed by atoms with Crippen LogP contribution in [0.1, 0.15) is 11.1 Å². The van der Waals surface area contributed by atoms with E-state index in [0.29, 0.717) is 0 Å². The first-order valence-corrected chi connectivity index (χ1v) is 8.09. The summed E-state index contributed by atoms with van der Waals surface area (Å²) in [6.45, 7) is 2.06. The molecule has 0 bridgehead atoms. The Labute approximate surface area is 118 Å². The van der Waals surface area contributed by atoms with Crippen molar-refractivity contribution in [2.75, 3.05) is 0 Å². The predicted octanol–water partition coefficient (Wildman–Crippen LogP) is 2.56. The number of rotatable bonds is 4. The summed E-state index contributed by atoms with van der Waals surface area (Å²) < 4.78 is 1.45. The van der Waals surface area contributed by atoms with Gasteiger partial charge in [-0.1, -0.05) is 0 Å². The van der Waals surface area contributed by atoms with Crippen LogP contribution in [0, 0.1) is 6.92 Å². The van der Waals surface area contributed by atoms with Gasteiger partial charge in [0.25, 0.3) is 0 Å². The summed E-state index contributed by atoms with van der Waals surface area (Å²) in [6.07, 6.45) is 3.60. The molecule has 90 valence electrons. The van der Waals surface area contributed by atoms with Crippen LogP contribution in [-0.4, -0.2) is 24.8 Å². The Morgan fingerprint density at radius 1 is 1.00 bits per heavy atom. The molecule has 2 rings (SSSR count). The van der Waals surface area contributed by atoms with Crippen molar-refractivity contribution in [1.82, 2.24) is 0 Å². The number of hydrogen-bond acceptors (Lipinski definition) is 1. The summed E-state index contributed by atoms with van der Waals surface area (Å²) in [5, 5.41) is 0. The molecule has 0 aliphatic carbocycles. The van der Waals surface area contributed by atoms with Crippen LogP contribution in [-0.2, 0) is 4.79 Å². The van der Waals surface area contributed by atoms with E-state index >= 15 is 0 Å². The first kappa shape index (κ1) is 13.1. The first-order chi connectivity index (χ1) is 8.74. The molecule has 0 atom stereocenters. The molecule has 0 heterocycles. The number of carbonyl (C=O) groups excluding carboxylic acids is 1. The van der Waals surface area contributed by atoms with Crippen molar-refractivity contribution in [3.63, 3.8) is 0 Å². The van der Waals surface area contributed by atoms with E-state index in [1.807, 2.05) is 36.4 Å². The molecule has 18 heavy (non-hydrogen) atoms. The van der Waals surface area contributed by atoms with Crippen LogP contribution >= 0.6 is 0 Å². The maximum absolute atomic E-state index is 11.8. The van der Waals surface area contributed by atoms with Crippen LogP contribution in [0.2, 0.25) is 0 Å². The fourth-order valence-corrected chi connectivity index (χ4v) is 3.31. The molecule has 0 saturated heterocycles. The van der Waals surface area contributed by atoms with Gasteiger partial charge in [-0.05, 0) is 0 Å². The molecule has 0 radical (unpaired) electrons. The topological polar surface area (TPSA) is 17.1 Å². The van der Waals surface area contributed by atoms with E-state index in [1.54, 1.807) is 6.08 Å². The van der Waals surface area contributed by atoms with Gasteiger partial charge in [-0.2, -0.15) is 0 Å². The van der Waals surface area contributed by atoms with E-state index < -0.39 is 20.9 Å². The van der Waals surface area contributed by atoms with Crippen molar-refractivity contribution in [3.05, 3.63) is 71.8 Å². The van der Waals surface area contributed by atoms with Crippen molar-refractivity contribution < 1.29 is 4.79 Å². The van der Waals surface area contributed by atoms with Gasteiger partial charge >= 0.3 is 118 Å². The first-order valence-electron chi connectivity index (χ1n) is 5.76. The third-order valence-corrected chi connectivity index (χ3v) is 4.86. The molecule has 2 aromatic carbocycles. The molecule has 0 spiro atoms. The summed E-state index contributed by atoms with van der Waals surface area (Å²) in [6, 6.07) is 18.2. The number of carbonyl (C=O) groups is 1. The van der Waals surface area contributed by atoms with Crippen molar-refractivity contribution >= 4 is 34.4 Å². The average molecular weight is 350 g/mol. The third kappa shape index (κ3) is 4.14. The minimum atomic E-state index is -0.761. The summed E-state index contributed by atoms with van der Waals surface area (Å²) in [4.78, 5) is 11.8. The SMILES string of the molecule is Cc1ccc([Te]C(=O)/C=C/c2ccccc2)cc1. The van der Waals surface area contributed by atoms with Crippen LogP contribution in [0.3, 0.4) is 0 Å². The van der Waals surface area contributed by atoms with Gasteiger partial charge < -0.3 is 0 Å². The Balaban J connectivity index is 1.97. The van der Waals surface area contributed by atoms with Gasteiger partial charge in [0.05, 0.1) is 0 Å². The Kier molecular flexibility index (Phi) is 4.75. The molecule has 0 amide bonds. The molecular formula is C16H14OTe. The second-order valence-electron chi connectivity index (χ2n) is 3.98. The van der Waals surface area contributed by atoms with Crippen molar-refractivity contribution in [2.24, 2.45) is 0 Å². The van der Waals surface area contributed by atoms with Crippen LogP contribution < -0.4 is 3.61 Å². The molecule has 1 nitrogen and oxygen atoms in total. The zero-order valence-electron chi connectivity index (χ0n) is 10.2. The molecule has 0 aliphatic heterocycles. The molecule has 0 aromatic heterocycles. The monoisotopic (exact) mass is 352 g/mol. The standard InChI is InChI=1S/C16H14OTe/c1-13-7-10-15(11-8-13)18-16(17)12-9-14-5-3-2-4-6-14/h2-12H,1H3/b12-9+. The molecule has 2 aromatic rings. The van der Waals surface area contributed by atoms with Crippen LogP contribution in [0.4, 0.5) is 0 Å². The molecular weight excluding hydrogens is 336 g/mol. The molecule has 0 fully saturated rings. The number of benzene rings is 2. The maximum atomic E-state index is 11.8. The van der Waals surface area contributed by atoms with E-state index in [2.05, 4.69) is 31.2 Å². The zero-order chi connectivity index (χ0) is 12.8.